The van der Waals surface area contributed by atoms with Crippen LogP contribution in [0.3, 0.4) is 0 Å². The molecule has 8 aromatic carbocycles. The van der Waals surface area contributed by atoms with Gasteiger partial charge in [0.15, 0.2) is 0 Å². The van der Waals surface area contributed by atoms with E-state index in [9.17, 15) is 0 Å². The third-order valence-corrected chi connectivity index (χ3v) is 16.3. The summed E-state index contributed by atoms with van der Waals surface area (Å²) in [7, 11) is 0. The lowest BCUT2D eigenvalue weighted by Crippen LogP contribution is -2.27. The predicted molar refractivity (Wildman–Crippen MR) is 266 cm³/mol. The average molecular weight is 822 g/mol. The smallest absolute Gasteiger partial charge is 0.0556 e. The zero-order chi connectivity index (χ0) is 41.6. The van der Waals surface area contributed by atoms with E-state index < -0.39 is 0 Å². The number of fused-ring (bicyclic) bond motifs is 12. The van der Waals surface area contributed by atoms with Gasteiger partial charge < -0.3 is 4.90 Å². The Hall–Kier alpha value is -6.00. The second-order valence-corrected chi connectivity index (χ2v) is 21.4. The van der Waals surface area contributed by atoms with Crippen LogP contribution in [0, 0.1) is 0 Å². The standard InChI is InChI=1S/C58H47NS2/c1-56(2,3)51-49-42-19-8-12-23-44(42)57(4,5)52(49)54(53-50(51)43-20-9-13-24-45(43)58(53,6)7)59(36-31-32-40-38-17-10-14-25-46(38)60-48(40)33-36)35-29-27-34(28-30-35)37-21-16-22-41-39-18-11-15-26-47(39)61-55(37)41/h8-33H,1-7H3. The molecule has 10 aromatic rings. The number of rotatable bonds is 4. The van der Waals surface area contributed by atoms with Gasteiger partial charge in [-0.3, -0.25) is 0 Å². The minimum Gasteiger partial charge on any atom is -0.310 e. The fourth-order valence-corrected chi connectivity index (χ4v) is 13.6. The van der Waals surface area contributed by atoms with Crippen LogP contribution in [0.5, 0.6) is 0 Å². The van der Waals surface area contributed by atoms with E-state index in [1.807, 2.05) is 22.7 Å². The van der Waals surface area contributed by atoms with Gasteiger partial charge in [-0.05, 0) is 103 Å². The molecule has 296 valence electrons. The summed E-state index contributed by atoms with van der Waals surface area (Å²) in [6.45, 7) is 17.1. The van der Waals surface area contributed by atoms with Crippen molar-refractivity contribution in [1.29, 1.82) is 0 Å². The zero-order valence-electron chi connectivity index (χ0n) is 35.8. The molecular weight excluding hydrogens is 775 g/mol. The summed E-state index contributed by atoms with van der Waals surface area (Å²) in [5.41, 5.74) is 18.2. The van der Waals surface area contributed by atoms with E-state index in [1.165, 1.54) is 119 Å². The van der Waals surface area contributed by atoms with E-state index in [2.05, 4.69) is 211 Å². The van der Waals surface area contributed by atoms with Gasteiger partial charge in [-0.25, -0.2) is 0 Å². The first kappa shape index (κ1) is 36.8. The molecule has 0 fully saturated rings. The average Bonchev–Trinajstić information content (AvgIpc) is 3.96. The van der Waals surface area contributed by atoms with E-state index in [1.54, 1.807) is 0 Å². The highest BCUT2D eigenvalue weighted by molar-refractivity contribution is 7.26. The molecule has 1 nitrogen and oxygen atoms in total. The molecule has 0 unspecified atom stereocenters. The fraction of sp³-hybridized carbons (Fsp3) is 0.172. The number of thiophene rings is 2. The molecule has 2 heterocycles. The monoisotopic (exact) mass is 821 g/mol. The molecule has 61 heavy (non-hydrogen) atoms. The minimum atomic E-state index is -0.266. The Bertz CT molecular complexity index is 3370. The second kappa shape index (κ2) is 12.8. The summed E-state index contributed by atoms with van der Waals surface area (Å²) in [5, 5.41) is 5.30. The highest BCUT2D eigenvalue weighted by Crippen LogP contribution is 2.66. The first-order valence-corrected chi connectivity index (χ1v) is 23.2. The van der Waals surface area contributed by atoms with Crippen molar-refractivity contribution in [3.8, 4) is 33.4 Å². The summed E-state index contributed by atoms with van der Waals surface area (Å²) < 4.78 is 5.31. The lowest BCUT2D eigenvalue weighted by atomic mass is 9.71. The van der Waals surface area contributed by atoms with Gasteiger partial charge >= 0.3 is 0 Å². The maximum absolute atomic E-state index is 2.65. The molecule has 3 heteroatoms. The third-order valence-electron chi connectivity index (χ3n) is 13.9. The molecule has 2 aliphatic rings. The lowest BCUT2D eigenvalue weighted by Gasteiger charge is -2.39. The molecule has 0 N–H and O–H groups in total. The first-order chi connectivity index (χ1) is 29.4. The Morgan fingerprint density at radius 3 is 1.56 bits per heavy atom. The third kappa shape index (κ3) is 5.11. The maximum Gasteiger partial charge on any atom is 0.0556 e. The zero-order valence-corrected chi connectivity index (χ0v) is 37.4. The molecular formula is C58H47NS2. The molecule has 2 aliphatic carbocycles. The van der Waals surface area contributed by atoms with Gasteiger partial charge in [0, 0.05) is 62.5 Å². The van der Waals surface area contributed by atoms with E-state index in [-0.39, 0.29) is 16.2 Å². The molecule has 12 rings (SSSR count). The second-order valence-electron chi connectivity index (χ2n) is 19.3. The van der Waals surface area contributed by atoms with Crippen molar-refractivity contribution >= 4 is 80.1 Å². The number of hydrogen-bond acceptors (Lipinski definition) is 3. The number of benzene rings is 8. The predicted octanol–water partition coefficient (Wildman–Crippen LogP) is 17.5. The van der Waals surface area contributed by atoms with Crippen LogP contribution in [0.4, 0.5) is 17.1 Å². The Morgan fingerprint density at radius 2 is 0.934 bits per heavy atom. The number of anilines is 3. The van der Waals surface area contributed by atoms with Crippen molar-refractivity contribution in [3.05, 3.63) is 186 Å². The molecule has 0 radical (unpaired) electrons. The minimum absolute atomic E-state index is 0.121. The summed E-state index contributed by atoms with van der Waals surface area (Å²) in [6, 6.07) is 59.7. The van der Waals surface area contributed by atoms with Crippen molar-refractivity contribution in [1.82, 2.24) is 0 Å². The lowest BCUT2D eigenvalue weighted by molar-refractivity contribution is 0.587. The number of nitrogens with zero attached hydrogens (tertiary/aromatic N) is 1. The van der Waals surface area contributed by atoms with Gasteiger partial charge in [0.05, 0.1) is 5.69 Å². The molecule has 0 saturated carbocycles. The topological polar surface area (TPSA) is 3.24 Å². The van der Waals surface area contributed by atoms with Crippen molar-refractivity contribution < 1.29 is 0 Å². The molecule has 0 amide bonds. The summed E-state index contributed by atoms with van der Waals surface area (Å²) in [6.07, 6.45) is 0. The van der Waals surface area contributed by atoms with E-state index in [0.717, 1.165) is 0 Å². The SMILES string of the molecule is CC(C)(C)c1c2c(c(N(c3ccc(-c4cccc5c4sc4ccccc45)cc3)c3ccc4c(c3)sc3ccccc34)c3c1-c1ccccc1C3(C)C)C(C)(C)c1ccccc1-2. The van der Waals surface area contributed by atoms with Crippen molar-refractivity contribution in [3.63, 3.8) is 0 Å². The van der Waals surface area contributed by atoms with Crippen LogP contribution in [-0.4, -0.2) is 0 Å². The van der Waals surface area contributed by atoms with Gasteiger partial charge in [-0.2, -0.15) is 0 Å². The molecule has 0 bridgehead atoms. The van der Waals surface area contributed by atoms with Gasteiger partial charge in [0.2, 0.25) is 0 Å². The Morgan fingerprint density at radius 1 is 0.443 bits per heavy atom. The van der Waals surface area contributed by atoms with Crippen LogP contribution in [0.25, 0.3) is 73.7 Å². The summed E-state index contributed by atoms with van der Waals surface area (Å²) >= 11 is 3.79. The van der Waals surface area contributed by atoms with Crippen LogP contribution in [0.1, 0.15) is 76.3 Å². The van der Waals surface area contributed by atoms with E-state index in [0.29, 0.717) is 0 Å². The normalized spacial score (nSPS) is 14.7. The summed E-state index contributed by atoms with van der Waals surface area (Å²) in [4.78, 5) is 2.65. The van der Waals surface area contributed by atoms with E-state index in [4.69, 9.17) is 0 Å². The number of hydrogen-bond donors (Lipinski definition) is 0. The molecule has 0 atom stereocenters. The van der Waals surface area contributed by atoms with Gasteiger partial charge in [-0.1, -0.05) is 170 Å². The van der Waals surface area contributed by atoms with Crippen molar-refractivity contribution in [2.75, 3.05) is 4.90 Å². The van der Waals surface area contributed by atoms with Gasteiger partial charge in [0.1, 0.15) is 0 Å². The molecule has 0 spiro atoms. The van der Waals surface area contributed by atoms with Crippen LogP contribution in [-0.2, 0) is 16.2 Å². The van der Waals surface area contributed by atoms with Crippen LogP contribution >= 0.6 is 22.7 Å². The maximum atomic E-state index is 2.65. The van der Waals surface area contributed by atoms with Gasteiger partial charge in [0.25, 0.3) is 0 Å². The molecule has 0 aliphatic heterocycles. The van der Waals surface area contributed by atoms with Crippen LogP contribution in [0.15, 0.2) is 158 Å². The first-order valence-electron chi connectivity index (χ1n) is 21.6. The van der Waals surface area contributed by atoms with Gasteiger partial charge in [-0.15, -0.1) is 22.7 Å². The fourth-order valence-electron chi connectivity index (χ4n) is 11.3. The highest BCUT2D eigenvalue weighted by atomic mass is 32.1. The quantitative estimate of drug-likeness (QED) is 0.171. The molecule has 0 saturated heterocycles. The largest absolute Gasteiger partial charge is 0.310 e. The summed E-state index contributed by atoms with van der Waals surface area (Å²) in [5.74, 6) is 0. The van der Waals surface area contributed by atoms with Crippen molar-refractivity contribution in [2.24, 2.45) is 0 Å². The Kier molecular flexibility index (Phi) is 7.71. The van der Waals surface area contributed by atoms with Crippen LogP contribution in [0.2, 0.25) is 0 Å². The molecule has 2 aromatic heterocycles. The van der Waals surface area contributed by atoms with Crippen molar-refractivity contribution in [2.45, 2.75) is 64.7 Å². The Balaban J connectivity index is 1.19. The highest BCUT2D eigenvalue weighted by Gasteiger charge is 2.50. The van der Waals surface area contributed by atoms with Crippen LogP contribution < -0.4 is 4.90 Å². The Labute approximate surface area is 366 Å². The van der Waals surface area contributed by atoms with E-state index >= 15 is 0 Å².